The van der Waals surface area contributed by atoms with Crippen LogP contribution in [0.4, 0.5) is 10.5 Å². The summed E-state index contributed by atoms with van der Waals surface area (Å²) in [6, 6.07) is 6.46. The summed E-state index contributed by atoms with van der Waals surface area (Å²) in [5, 5.41) is 2.85. The predicted octanol–water partition coefficient (Wildman–Crippen LogP) is 2.78. The summed E-state index contributed by atoms with van der Waals surface area (Å²) in [5.41, 5.74) is 4.29. The van der Waals surface area contributed by atoms with Crippen LogP contribution in [0.1, 0.15) is 31.4 Å². The Balaban J connectivity index is 1.21. The first-order valence-corrected chi connectivity index (χ1v) is 12.6. The van der Waals surface area contributed by atoms with Gasteiger partial charge >= 0.3 is 6.03 Å². The molecule has 0 bridgehead atoms. The summed E-state index contributed by atoms with van der Waals surface area (Å²) in [6.45, 7) is 23.9. The fourth-order valence-corrected chi connectivity index (χ4v) is 5.24. The highest BCUT2D eigenvalue weighted by Crippen LogP contribution is 2.25. The van der Waals surface area contributed by atoms with Crippen LogP contribution in [0, 0.1) is 12.8 Å². The zero-order chi connectivity index (χ0) is 23.4. The van der Waals surface area contributed by atoms with Crippen molar-refractivity contribution in [3.8, 4) is 0 Å². The highest BCUT2D eigenvalue weighted by molar-refractivity contribution is 5.94. The van der Waals surface area contributed by atoms with Crippen LogP contribution in [-0.2, 0) is 6.54 Å². The van der Waals surface area contributed by atoms with Gasteiger partial charge < -0.3 is 10.2 Å². The van der Waals surface area contributed by atoms with Gasteiger partial charge in [-0.05, 0) is 30.0 Å². The van der Waals surface area contributed by atoms with E-state index < -0.39 is 0 Å². The number of rotatable bonds is 7. The molecule has 1 aromatic rings. The summed E-state index contributed by atoms with van der Waals surface area (Å²) in [7, 11) is 0. The zero-order valence-corrected chi connectivity index (χ0v) is 20.9. The maximum absolute atomic E-state index is 12.3. The second kappa shape index (κ2) is 11.0. The van der Waals surface area contributed by atoms with Gasteiger partial charge in [-0.2, -0.15) is 0 Å². The molecule has 182 valence electrons. The molecule has 1 N–H and O–H groups in total. The van der Waals surface area contributed by atoms with Crippen molar-refractivity contribution in [3.05, 3.63) is 41.6 Å². The molecule has 0 saturated carbocycles. The maximum atomic E-state index is 12.3. The molecule has 0 radical (unpaired) electrons. The van der Waals surface area contributed by atoms with Gasteiger partial charge in [-0.25, -0.2) is 4.79 Å². The summed E-state index contributed by atoms with van der Waals surface area (Å²) in [6.07, 6.45) is 0.796. The van der Waals surface area contributed by atoms with Crippen LogP contribution in [0.3, 0.4) is 0 Å². The topological polar surface area (TPSA) is 45.3 Å². The highest BCUT2D eigenvalue weighted by Gasteiger charge is 2.24. The lowest BCUT2D eigenvalue weighted by atomic mass is 10.1. The largest absolute Gasteiger partial charge is 0.326 e. The Morgan fingerprint density at radius 1 is 0.909 bits per heavy atom. The minimum absolute atomic E-state index is 0.0699. The number of hydrogen-bond donors (Lipinski definition) is 1. The van der Waals surface area contributed by atoms with Gasteiger partial charge in [-0.3, -0.25) is 19.6 Å². The third-order valence-electron chi connectivity index (χ3n) is 7.08. The van der Waals surface area contributed by atoms with Gasteiger partial charge in [0.15, 0.2) is 0 Å². The fraction of sp³-hybridized carbons (Fsp3) is 0.654. The monoisotopic (exact) mass is 454 g/mol. The molecule has 33 heavy (non-hydrogen) atoms. The lowest BCUT2D eigenvalue weighted by Crippen LogP contribution is -2.54. The van der Waals surface area contributed by atoms with Crippen LogP contribution in [0.15, 0.2) is 30.5 Å². The Kier molecular flexibility index (Phi) is 8.07. The lowest BCUT2D eigenvalue weighted by molar-refractivity contribution is 0.0406. The Morgan fingerprint density at radius 3 is 2.09 bits per heavy atom. The van der Waals surface area contributed by atoms with Crippen molar-refractivity contribution < 1.29 is 4.79 Å². The number of benzene rings is 1. The van der Waals surface area contributed by atoms with E-state index >= 15 is 0 Å². The average Bonchev–Trinajstić information content (AvgIpc) is 2.77. The molecule has 4 rings (SSSR count). The zero-order valence-electron chi connectivity index (χ0n) is 20.9. The smallest absolute Gasteiger partial charge is 0.312 e. The Morgan fingerprint density at radius 2 is 1.52 bits per heavy atom. The van der Waals surface area contributed by atoms with E-state index in [1.807, 2.05) is 4.90 Å². The molecule has 0 aliphatic carbocycles. The second-order valence-electron chi connectivity index (χ2n) is 10.4. The van der Waals surface area contributed by atoms with Crippen molar-refractivity contribution in [1.29, 1.82) is 0 Å². The van der Waals surface area contributed by atoms with Gasteiger partial charge in [-0.15, -0.1) is 0 Å². The van der Waals surface area contributed by atoms with Crippen LogP contribution in [0.5, 0.6) is 0 Å². The first kappa shape index (κ1) is 24.2. The van der Waals surface area contributed by atoms with Gasteiger partial charge in [0.25, 0.3) is 0 Å². The third kappa shape index (κ3) is 6.57. The number of nitrogens with one attached hydrogen (secondary N) is 1. The molecule has 0 aromatic heterocycles. The van der Waals surface area contributed by atoms with Crippen LogP contribution in [0.25, 0.3) is 0 Å². The molecule has 0 unspecified atom stereocenters. The number of carbonyl (C=O) groups excluding carboxylic acids is 1. The molecule has 3 saturated heterocycles. The van der Waals surface area contributed by atoms with Gasteiger partial charge in [0.05, 0.1) is 6.67 Å². The van der Waals surface area contributed by atoms with Crippen molar-refractivity contribution in [1.82, 2.24) is 24.9 Å². The van der Waals surface area contributed by atoms with Crippen molar-refractivity contribution in [3.63, 3.8) is 0 Å². The highest BCUT2D eigenvalue weighted by atomic mass is 16.2. The summed E-state index contributed by atoms with van der Waals surface area (Å²) in [5.74, 6) is 0.759. The van der Waals surface area contributed by atoms with E-state index in [-0.39, 0.29) is 6.03 Å². The SMILES string of the molecule is C=C1CCN(c2ccc(CN3CCN(CN4CCN(CC(C)C)CC4)CC3)cc2C)C(=O)N1. The number of anilines is 1. The molecular formula is C26H42N6O. The van der Waals surface area contributed by atoms with E-state index in [2.05, 4.69) is 70.5 Å². The lowest BCUT2D eigenvalue weighted by Gasteiger charge is -2.41. The molecule has 1 aromatic carbocycles. The van der Waals surface area contributed by atoms with Gasteiger partial charge in [0.2, 0.25) is 0 Å². The second-order valence-corrected chi connectivity index (χ2v) is 10.4. The molecular weight excluding hydrogens is 412 g/mol. The van der Waals surface area contributed by atoms with Crippen molar-refractivity contribution in [2.75, 3.05) is 77.0 Å². The fourth-order valence-electron chi connectivity index (χ4n) is 5.24. The number of amides is 2. The summed E-state index contributed by atoms with van der Waals surface area (Å²) >= 11 is 0. The molecule has 0 spiro atoms. The van der Waals surface area contributed by atoms with Crippen LogP contribution < -0.4 is 10.2 Å². The Labute approximate surface area is 200 Å². The summed E-state index contributed by atoms with van der Waals surface area (Å²) < 4.78 is 0. The minimum atomic E-state index is -0.0699. The predicted molar refractivity (Wildman–Crippen MR) is 135 cm³/mol. The quantitative estimate of drug-likeness (QED) is 0.687. The van der Waals surface area contributed by atoms with Crippen molar-refractivity contribution in [2.45, 2.75) is 33.7 Å². The number of carbonyl (C=O) groups is 1. The number of piperazine rings is 2. The molecule has 3 heterocycles. The molecule has 7 heteroatoms. The van der Waals surface area contributed by atoms with E-state index in [4.69, 9.17) is 0 Å². The molecule has 3 aliphatic heterocycles. The Hall–Kier alpha value is -1.93. The summed E-state index contributed by atoms with van der Waals surface area (Å²) in [4.78, 5) is 24.6. The van der Waals surface area contributed by atoms with E-state index in [9.17, 15) is 4.79 Å². The number of urea groups is 1. The molecule has 3 aliphatic rings. The van der Waals surface area contributed by atoms with E-state index in [0.717, 1.165) is 68.7 Å². The first-order chi connectivity index (χ1) is 15.9. The maximum Gasteiger partial charge on any atom is 0.326 e. The van der Waals surface area contributed by atoms with Gasteiger partial charge in [0, 0.05) is 89.8 Å². The van der Waals surface area contributed by atoms with E-state index in [1.54, 1.807) is 0 Å². The Bertz CT molecular complexity index is 824. The molecule has 2 amide bonds. The number of nitrogens with zero attached hydrogens (tertiary/aromatic N) is 5. The molecule has 3 fully saturated rings. The normalized spacial score (nSPS) is 22.2. The van der Waals surface area contributed by atoms with Crippen molar-refractivity contribution >= 4 is 11.7 Å². The van der Waals surface area contributed by atoms with Gasteiger partial charge in [-0.1, -0.05) is 32.6 Å². The average molecular weight is 455 g/mol. The van der Waals surface area contributed by atoms with Crippen LogP contribution in [-0.4, -0.2) is 97.7 Å². The number of hydrogen-bond acceptors (Lipinski definition) is 5. The van der Waals surface area contributed by atoms with Gasteiger partial charge in [0.1, 0.15) is 0 Å². The molecule has 0 atom stereocenters. The van der Waals surface area contributed by atoms with Crippen molar-refractivity contribution in [2.24, 2.45) is 5.92 Å². The third-order valence-corrected chi connectivity index (χ3v) is 7.08. The molecule has 7 nitrogen and oxygen atoms in total. The van der Waals surface area contributed by atoms with Crippen LogP contribution >= 0.6 is 0 Å². The van der Waals surface area contributed by atoms with Crippen LogP contribution in [0.2, 0.25) is 0 Å². The van der Waals surface area contributed by atoms with E-state index in [0.29, 0.717) is 6.54 Å². The standard InChI is InChI=1S/C26H42N6O/c1-21(2)18-28-9-13-30(14-10-28)20-31-15-11-29(12-16-31)19-24-5-6-25(22(3)17-24)32-8-7-23(4)27-26(32)33/h5-6,17,21H,4,7-16,18-20H2,1-3H3,(H,27,33). The number of aryl methyl sites for hydroxylation is 1. The first-order valence-electron chi connectivity index (χ1n) is 12.6. The van der Waals surface area contributed by atoms with E-state index in [1.165, 1.54) is 38.3 Å². The minimum Gasteiger partial charge on any atom is -0.312 e.